The van der Waals surface area contributed by atoms with Crippen molar-refractivity contribution in [3.8, 4) is 5.69 Å². The molecule has 0 spiro atoms. The van der Waals surface area contributed by atoms with E-state index >= 15 is 0 Å². The van der Waals surface area contributed by atoms with Gasteiger partial charge >= 0.3 is 0 Å². The topological polar surface area (TPSA) is 17.0 Å². The second-order valence-electron chi connectivity index (χ2n) is 5.95. The number of nitrogens with one attached hydrogen (secondary N) is 1. The first-order chi connectivity index (χ1) is 11.3. The van der Waals surface area contributed by atoms with Gasteiger partial charge in [0.25, 0.3) is 0 Å². The standard InChI is InChI=1S/C20H19ClN2/c1-2-14-8-10-15(11-9-14)20-19-7-4-12-23(19)18-6-3-5-17(21)16(18)13-22-20/h3-12,20,22H,2,13H2,1H3/t20-/m0/s1. The van der Waals surface area contributed by atoms with Crippen LogP contribution in [0.25, 0.3) is 5.69 Å². The van der Waals surface area contributed by atoms with Gasteiger partial charge in [-0.3, -0.25) is 0 Å². The maximum atomic E-state index is 6.43. The highest BCUT2D eigenvalue weighted by molar-refractivity contribution is 6.31. The molecule has 2 heterocycles. The van der Waals surface area contributed by atoms with Gasteiger partial charge in [-0.1, -0.05) is 48.9 Å². The molecule has 0 unspecified atom stereocenters. The van der Waals surface area contributed by atoms with Crippen molar-refractivity contribution < 1.29 is 0 Å². The van der Waals surface area contributed by atoms with Gasteiger partial charge in [-0.05, 0) is 41.8 Å². The summed E-state index contributed by atoms with van der Waals surface area (Å²) in [6.07, 6.45) is 3.18. The Kier molecular flexibility index (Phi) is 3.72. The van der Waals surface area contributed by atoms with Crippen molar-refractivity contribution in [1.29, 1.82) is 0 Å². The second-order valence-corrected chi connectivity index (χ2v) is 6.36. The van der Waals surface area contributed by atoms with E-state index in [1.165, 1.54) is 16.8 Å². The Bertz CT molecular complexity index is 833. The molecule has 0 fully saturated rings. The normalized spacial score (nSPS) is 16.5. The molecule has 0 aliphatic carbocycles. The lowest BCUT2D eigenvalue weighted by Gasteiger charge is -2.18. The molecule has 2 aromatic carbocycles. The molecule has 23 heavy (non-hydrogen) atoms. The zero-order valence-corrected chi connectivity index (χ0v) is 13.8. The van der Waals surface area contributed by atoms with E-state index in [-0.39, 0.29) is 6.04 Å². The summed E-state index contributed by atoms with van der Waals surface area (Å²) in [6, 6.07) is 19.4. The van der Waals surface area contributed by atoms with Crippen LogP contribution in [0, 0.1) is 0 Å². The molecule has 2 nitrogen and oxygen atoms in total. The molecule has 4 rings (SSSR count). The number of fused-ring (bicyclic) bond motifs is 3. The number of aromatic nitrogens is 1. The number of rotatable bonds is 2. The molecular formula is C20H19ClN2. The lowest BCUT2D eigenvalue weighted by molar-refractivity contribution is 0.601. The summed E-state index contributed by atoms with van der Waals surface area (Å²) in [4.78, 5) is 0. The van der Waals surface area contributed by atoms with Gasteiger partial charge in [0.05, 0.1) is 11.7 Å². The summed E-state index contributed by atoms with van der Waals surface area (Å²) in [5, 5.41) is 4.49. The largest absolute Gasteiger partial charge is 0.319 e. The van der Waals surface area contributed by atoms with Crippen LogP contribution in [-0.2, 0) is 13.0 Å². The maximum absolute atomic E-state index is 6.43. The smallest absolute Gasteiger partial charge is 0.0737 e. The molecule has 0 saturated heterocycles. The van der Waals surface area contributed by atoms with E-state index in [2.05, 4.69) is 65.5 Å². The third-order valence-electron chi connectivity index (χ3n) is 4.63. The molecule has 0 saturated carbocycles. The Morgan fingerprint density at radius 2 is 1.91 bits per heavy atom. The van der Waals surface area contributed by atoms with Crippen LogP contribution < -0.4 is 5.32 Å². The second kappa shape index (κ2) is 5.88. The van der Waals surface area contributed by atoms with Crippen molar-refractivity contribution >= 4 is 11.6 Å². The Morgan fingerprint density at radius 1 is 1.09 bits per heavy atom. The molecule has 1 aliphatic rings. The summed E-state index contributed by atoms with van der Waals surface area (Å²) in [6.45, 7) is 2.94. The third-order valence-corrected chi connectivity index (χ3v) is 4.99. The van der Waals surface area contributed by atoms with Crippen LogP contribution in [0.4, 0.5) is 0 Å². The predicted molar refractivity (Wildman–Crippen MR) is 95.3 cm³/mol. The number of hydrogen-bond acceptors (Lipinski definition) is 1. The zero-order valence-electron chi connectivity index (χ0n) is 13.1. The van der Waals surface area contributed by atoms with E-state index in [9.17, 15) is 0 Å². The van der Waals surface area contributed by atoms with E-state index < -0.39 is 0 Å². The van der Waals surface area contributed by atoms with E-state index in [4.69, 9.17) is 11.6 Å². The highest BCUT2D eigenvalue weighted by Gasteiger charge is 2.23. The van der Waals surface area contributed by atoms with Gasteiger partial charge in [-0.25, -0.2) is 0 Å². The Morgan fingerprint density at radius 3 is 2.70 bits per heavy atom. The molecule has 1 N–H and O–H groups in total. The Labute approximate surface area is 141 Å². The third kappa shape index (κ3) is 2.48. The minimum atomic E-state index is 0.166. The van der Waals surface area contributed by atoms with Gasteiger partial charge in [-0.2, -0.15) is 0 Å². The first kappa shape index (κ1) is 14.6. The molecule has 0 amide bonds. The lowest BCUT2D eigenvalue weighted by Crippen LogP contribution is -2.21. The summed E-state index contributed by atoms with van der Waals surface area (Å²) in [5.41, 5.74) is 6.21. The summed E-state index contributed by atoms with van der Waals surface area (Å²) in [7, 11) is 0. The molecule has 1 atom stereocenters. The number of benzene rings is 2. The van der Waals surface area contributed by atoms with E-state index in [0.29, 0.717) is 0 Å². The van der Waals surface area contributed by atoms with Crippen LogP contribution in [0.2, 0.25) is 5.02 Å². The summed E-state index contributed by atoms with van der Waals surface area (Å²) in [5.74, 6) is 0. The van der Waals surface area contributed by atoms with Crippen LogP contribution in [0.5, 0.6) is 0 Å². The van der Waals surface area contributed by atoms with Crippen molar-refractivity contribution in [2.45, 2.75) is 25.9 Å². The van der Waals surface area contributed by atoms with Crippen LogP contribution in [0.3, 0.4) is 0 Å². The fourth-order valence-corrected chi connectivity index (χ4v) is 3.58. The van der Waals surface area contributed by atoms with Gasteiger partial charge in [0, 0.05) is 29.0 Å². The molecule has 3 heteroatoms. The first-order valence-corrected chi connectivity index (χ1v) is 8.43. The van der Waals surface area contributed by atoms with Gasteiger partial charge in [-0.15, -0.1) is 0 Å². The van der Waals surface area contributed by atoms with Gasteiger partial charge in [0.2, 0.25) is 0 Å². The average molecular weight is 323 g/mol. The molecule has 0 bridgehead atoms. The van der Waals surface area contributed by atoms with Crippen LogP contribution in [-0.4, -0.2) is 4.57 Å². The Hall–Kier alpha value is -2.03. The van der Waals surface area contributed by atoms with Crippen LogP contribution in [0.15, 0.2) is 60.8 Å². The predicted octanol–water partition coefficient (Wildman–Crippen LogP) is 4.89. The summed E-state index contributed by atoms with van der Waals surface area (Å²) >= 11 is 6.43. The molecule has 1 aromatic heterocycles. The van der Waals surface area contributed by atoms with Crippen molar-refractivity contribution in [3.05, 3.63) is 88.2 Å². The lowest BCUT2D eigenvalue weighted by atomic mass is 10.0. The number of aryl methyl sites for hydroxylation is 1. The van der Waals surface area contributed by atoms with E-state index in [1.54, 1.807) is 0 Å². The fraction of sp³-hybridized carbons (Fsp3) is 0.200. The van der Waals surface area contributed by atoms with Crippen molar-refractivity contribution in [3.63, 3.8) is 0 Å². The van der Waals surface area contributed by atoms with Crippen LogP contribution >= 0.6 is 11.6 Å². The van der Waals surface area contributed by atoms with Crippen molar-refractivity contribution in [2.75, 3.05) is 0 Å². The minimum absolute atomic E-state index is 0.166. The highest BCUT2D eigenvalue weighted by atomic mass is 35.5. The highest BCUT2D eigenvalue weighted by Crippen LogP contribution is 2.33. The molecule has 3 aromatic rings. The average Bonchev–Trinajstić information content (AvgIpc) is 3.00. The fourth-order valence-electron chi connectivity index (χ4n) is 3.34. The van der Waals surface area contributed by atoms with Crippen molar-refractivity contribution in [2.24, 2.45) is 0 Å². The Balaban J connectivity index is 1.82. The molecule has 0 radical (unpaired) electrons. The summed E-state index contributed by atoms with van der Waals surface area (Å²) < 4.78 is 2.25. The quantitative estimate of drug-likeness (QED) is 0.711. The monoisotopic (exact) mass is 322 g/mol. The van der Waals surface area contributed by atoms with E-state index in [0.717, 1.165) is 29.2 Å². The maximum Gasteiger partial charge on any atom is 0.0737 e. The first-order valence-electron chi connectivity index (χ1n) is 8.05. The van der Waals surface area contributed by atoms with Crippen molar-refractivity contribution in [1.82, 2.24) is 9.88 Å². The van der Waals surface area contributed by atoms with Gasteiger partial charge < -0.3 is 9.88 Å². The van der Waals surface area contributed by atoms with Crippen LogP contribution in [0.1, 0.15) is 35.3 Å². The van der Waals surface area contributed by atoms with Gasteiger partial charge in [0.1, 0.15) is 0 Å². The molecule has 116 valence electrons. The zero-order chi connectivity index (χ0) is 15.8. The molecular weight excluding hydrogens is 304 g/mol. The SMILES string of the molecule is CCc1ccc([C@@H]2NCc3c(Cl)cccc3-n3cccc32)cc1. The number of halogens is 1. The molecule has 1 aliphatic heterocycles. The van der Waals surface area contributed by atoms with Gasteiger partial charge in [0.15, 0.2) is 0 Å². The minimum Gasteiger partial charge on any atom is -0.319 e. The number of nitrogens with zero attached hydrogens (tertiary/aromatic N) is 1. The number of hydrogen-bond donors (Lipinski definition) is 1. The van der Waals surface area contributed by atoms with E-state index in [1.807, 2.05) is 12.1 Å².